The number of nitrogens with one attached hydrogen (secondary N) is 2. The van der Waals surface area contributed by atoms with Gasteiger partial charge in [-0.05, 0) is 17.7 Å². The average molecular weight is 312 g/mol. The highest BCUT2D eigenvalue weighted by Crippen LogP contribution is 2.12. The fourth-order valence-corrected chi connectivity index (χ4v) is 3.20. The number of halogens is 1. The Balaban J connectivity index is 1.81. The van der Waals surface area contributed by atoms with Gasteiger partial charge in [0.1, 0.15) is 5.82 Å². The lowest BCUT2D eigenvalue weighted by Gasteiger charge is -2.22. The molecule has 1 atom stereocenters. The second-order valence-corrected chi connectivity index (χ2v) is 6.22. The van der Waals surface area contributed by atoms with Crippen LogP contribution in [0.5, 0.6) is 0 Å². The van der Waals surface area contributed by atoms with E-state index in [9.17, 15) is 9.18 Å². The highest BCUT2D eigenvalue weighted by Gasteiger charge is 2.16. The number of carbonyl (C=O) groups is 1. The Morgan fingerprint density at radius 3 is 3.14 bits per heavy atom. The van der Waals surface area contributed by atoms with Gasteiger partial charge in [0.2, 0.25) is 5.91 Å². The van der Waals surface area contributed by atoms with Gasteiger partial charge in [0.25, 0.3) is 0 Å². The van der Waals surface area contributed by atoms with Crippen molar-refractivity contribution in [3.8, 4) is 0 Å². The second-order valence-electron chi connectivity index (χ2n) is 5.07. The minimum absolute atomic E-state index is 0.0209. The first kappa shape index (κ1) is 16.3. The maximum atomic E-state index is 13.5. The van der Waals surface area contributed by atoms with E-state index < -0.39 is 0 Å². The minimum atomic E-state index is -0.282. The van der Waals surface area contributed by atoms with Gasteiger partial charge < -0.3 is 15.4 Å². The van der Waals surface area contributed by atoms with Crippen molar-refractivity contribution in [1.29, 1.82) is 0 Å². The second kappa shape index (κ2) is 8.36. The molecular formula is C15H21FN2O2S. The summed E-state index contributed by atoms with van der Waals surface area (Å²) in [6.07, 6.45) is 0.485. The van der Waals surface area contributed by atoms with Crippen LogP contribution >= 0.6 is 11.8 Å². The summed E-state index contributed by atoms with van der Waals surface area (Å²) in [6, 6.07) is 5.08. The maximum absolute atomic E-state index is 13.5. The number of benzene rings is 1. The monoisotopic (exact) mass is 312 g/mol. The van der Waals surface area contributed by atoms with Gasteiger partial charge in [0.15, 0.2) is 0 Å². The number of hydrogen-bond acceptors (Lipinski definition) is 4. The van der Waals surface area contributed by atoms with Gasteiger partial charge >= 0.3 is 0 Å². The molecule has 6 heteroatoms. The molecule has 0 bridgehead atoms. The van der Waals surface area contributed by atoms with Crippen molar-refractivity contribution in [1.82, 2.24) is 10.6 Å². The highest BCUT2D eigenvalue weighted by molar-refractivity contribution is 7.99. The first-order chi connectivity index (χ1) is 10.2. The molecule has 1 fully saturated rings. The first-order valence-corrected chi connectivity index (χ1v) is 8.18. The van der Waals surface area contributed by atoms with E-state index in [0.29, 0.717) is 18.5 Å². The standard InChI is InChI=1S/C15H21FN2O2S/c1-20-9-12-6-11(2-3-14(12)16)8-18-15(19)7-13-10-21-5-4-17-13/h2-3,6,13,17H,4-5,7-10H2,1H3,(H,18,19). The van der Waals surface area contributed by atoms with E-state index in [1.807, 2.05) is 11.8 Å². The fourth-order valence-electron chi connectivity index (χ4n) is 2.25. The molecule has 1 unspecified atom stereocenters. The lowest BCUT2D eigenvalue weighted by atomic mass is 10.1. The van der Waals surface area contributed by atoms with Crippen LogP contribution < -0.4 is 10.6 Å². The van der Waals surface area contributed by atoms with E-state index in [4.69, 9.17) is 4.74 Å². The van der Waals surface area contributed by atoms with E-state index >= 15 is 0 Å². The number of thioether (sulfide) groups is 1. The SMILES string of the molecule is COCc1cc(CNC(=O)CC2CSCCN2)ccc1F. The number of rotatable bonds is 6. The zero-order chi connectivity index (χ0) is 15.1. The lowest BCUT2D eigenvalue weighted by molar-refractivity contribution is -0.121. The zero-order valence-electron chi connectivity index (χ0n) is 12.2. The zero-order valence-corrected chi connectivity index (χ0v) is 13.0. The summed E-state index contributed by atoms with van der Waals surface area (Å²) in [5, 5.41) is 6.22. The summed E-state index contributed by atoms with van der Waals surface area (Å²) in [5.41, 5.74) is 1.39. The number of ether oxygens (including phenoxy) is 1. The molecule has 2 rings (SSSR count). The van der Waals surface area contributed by atoms with Crippen molar-refractivity contribution in [3.05, 3.63) is 35.1 Å². The van der Waals surface area contributed by atoms with Crippen molar-refractivity contribution in [2.45, 2.75) is 25.6 Å². The molecule has 0 saturated carbocycles. The van der Waals surface area contributed by atoms with Gasteiger partial charge in [-0.15, -0.1) is 0 Å². The van der Waals surface area contributed by atoms with Crippen molar-refractivity contribution in [2.75, 3.05) is 25.2 Å². The molecule has 1 aromatic carbocycles. The van der Waals surface area contributed by atoms with Crippen molar-refractivity contribution in [3.63, 3.8) is 0 Å². The molecule has 116 valence electrons. The summed E-state index contributed by atoms with van der Waals surface area (Å²) in [5.74, 6) is 1.82. The fraction of sp³-hybridized carbons (Fsp3) is 0.533. The maximum Gasteiger partial charge on any atom is 0.221 e. The molecule has 21 heavy (non-hydrogen) atoms. The molecule has 0 aliphatic carbocycles. The van der Waals surface area contributed by atoms with Crippen molar-refractivity contribution in [2.24, 2.45) is 0 Å². The van der Waals surface area contributed by atoms with Crippen LogP contribution in [-0.2, 0) is 22.7 Å². The predicted molar refractivity (Wildman–Crippen MR) is 82.7 cm³/mol. The summed E-state index contributed by atoms with van der Waals surface area (Å²) >= 11 is 1.87. The van der Waals surface area contributed by atoms with Gasteiger partial charge in [0.05, 0.1) is 6.61 Å². The third kappa shape index (κ3) is 5.30. The number of hydrogen-bond donors (Lipinski definition) is 2. The number of methoxy groups -OCH3 is 1. The summed E-state index contributed by atoms with van der Waals surface area (Å²) in [7, 11) is 1.53. The topological polar surface area (TPSA) is 50.4 Å². The van der Waals surface area contributed by atoms with Gasteiger partial charge in [-0.3, -0.25) is 4.79 Å². The first-order valence-electron chi connectivity index (χ1n) is 7.03. The predicted octanol–water partition coefficient (Wildman–Crippen LogP) is 1.68. The van der Waals surface area contributed by atoms with Gasteiger partial charge in [-0.2, -0.15) is 11.8 Å². The Morgan fingerprint density at radius 1 is 1.57 bits per heavy atom. The largest absolute Gasteiger partial charge is 0.380 e. The van der Waals surface area contributed by atoms with Gasteiger partial charge in [-0.25, -0.2) is 4.39 Å². The minimum Gasteiger partial charge on any atom is -0.380 e. The van der Waals surface area contributed by atoms with Crippen LogP contribution in [0.2, 0.25) is 0 Å². The Morgan fingerprint density at radius 2 is 2.43 bits per heavy atom. The third-order valence-electron chi connectivity index (χ3n) is 3.33. The quantitative estimate of drug-likeness (QED) is 0.839. The molecular weight excluding hydrogens is 291 g/mol. The van der Waals surface area contributed by atoms with E-state index in [-0.39, 0.29) is 24.4 Å². The molecule has 1 aromatic rings. The Hall–Kier alpha value is -1.11. The van der Waals surface area contributed by atoms with Crippen molar-refractivity contribution < 1.29 is 13.9 Å². The summed E-state index contributed by atoms with van der Waals surface area (Å²) < 4.78 is 18.4. The van der Waals surface area contributed by atoms with Crippen LogP contribution in [0.3, 0.4) is 0 Å². The summed E-state index contributed by atoms with van der Waals surface area (Å²) in [4.78, 5) is 11.9. The van der Waals surface area contributed by atoms with E-state index in [2.05, 4.69) is 10.6 Å². The molecule has 1 aliphatic heterocycles. The van der Waals surface area contributed by atoms with Crippen molar-refractivity contribution >= 4 is 17.7 Å². The lowest BCUT2D eigenvalue weighted by Crippen LogP contribution is -2.41. The molecule has 1 amide bonds. The Kier molecular flexibility index (Phi) is 6.48. The van der Waals surface area contributed by atoms with Crippen LogP contribution in [0, 0.1) is 5.82 Å². The smallest absolute Gasteiger partial charge is 0.221 e. The molecule has 0 radical (unpaired) electrons. The van der Waals surface area contributed by atoms with Crippen LogP contribution in [0.1, 0.15) is 17.5 Å². The van der Waals surface area contributed by atoms with E-state index in [1.54, 1.807) is 12.1 Å². The average Bonchev–Trinajstić information content (AvgIpc) is 2.49. The van der Waals surface area contributed by atoms with Gasteiger partial charge in [-0.1, -0.05) is 6.07 Å². The Labute approximate surface area is 128 Å². The van der Waals surface area contributed by atoms with Crippen LogP contribution in [0.4, 0.5) is 4.39 Å². The van der Waals surface area contributed by atoms with E-state index in [0.717, 1.165) is 23.6 Å². The molecule has 1 heterocycles. The normalized spacial score (nSPS) is 18.5. The van der Waals surface area contributed by atoms with Crippen LogP contribution in [-0.4, -0.2) is 37.1 Å². The number of amides is 1. The molecule has 0 aromatic heterocycles. The molecule has 1 saturated heterocycles. The molecule has 1 aliphatic rings. The Bertz CT molecular complexity index is 479. The van der Waals surface area contributed by atoms with Crippen LogP contribution in [0.25, 0.3) is 0 Å². The highest BCUT2D eigenvalue weighted by atomic mass is 32.2. The van der Waals surface area contributed by atoms with Crippen LogP contribution in [0.15, 0.2) is 18.2 Å². The molecule has 0 spiro atoms. The molecule has 2 N–H and O–H groups in total. The van der Waals surface area contributed by atoms with Gasteiger partial charge in [0, 0.05) is 49.7 Å². The molecule has 4 nitrogen and oxygen atoms in total. The third-order valence-corrected chi connectivity index (χ3v) is 4.46. The van der Waals surface area contributed by atoms with E-state index in [1.165, 1.54) is 13.2 Å². The summed E-state index contributed by atoms with van der Waals surface area (Å²) in [6.45, 7) is 1.60. The number of carbonyl (C=O) groups excluding carboxylic acids is 1.